The lowest BCUT2D eigenvalue weighted by molar-refractivity contribution is -0.165. The largest absolute Gasteiger partial charge is 0.463 e. The Labute approximate surface area is 170 Å². The van der Waals surface area contributed by atoms with Crippen LogP contribution in [-0.2, 0) is 33.3 Å². The van der Waals surface area contributed by atoms with Gasteiger partial charge in [-0.2, -0.15) is 4.98 Å². The first kappa shape index (κ1) is 21.5. The van der Waals surface area contributed by atoms with Gasteiger partial charge in [-0.05, 0) is 12.5 Å². The monoisotopic (exact) mass is 423 g/mol. The zero-order chi connectivity index (χ0) is 21.8. The molecular formula is C18H21N3O9. The van der Waals surface area contributed by atoms with Crippen molar-refractivity contribution in [2.45, 2.75) is 44.8 Å². The van der Waals surface area contributed by atoms with Gasteiger partial charge in [-0.3, -0.25) is 20.0 Å². The van der Waals surface area contributed by atoms with Crippen molar-refractivity contribution in [1.29, 1.82) is 0 Å². The molecule has 0 aromatic carbocycles. The number of nitrogens with one attached hydrogen (secondary N) is 1. The zero-order valence-corrected chi connectivity index (χ0v) is 16.2. The molecular weight excluding hydrogens is 402 g/mol. The van der Waals surface area contributed by atoms with Gasteiger partial charge in [-0.1, -0.05) is 13.8 Å². The van der Waals surface area contributed by atoms with Gasteiger partial charge in [0, 0.05) is 18.3 Å². The average Bonchev–Trinajstić information content (AvgIpc) is 3.04. The van der Waals surface area contributed by atoms with E-state index in [4.69, 9.17) is 24.2 Å². The first-order chi connectivity index (χ1) is 14.3. The van der Waals surface area contributed by atoms with E-state index >= 15 is 0 Å². The minimum Gasteiger partial charge on any atom is -0.463 e. The van der Waals surface area contributed by atoms with E-state index in [-0.39, 0.29) is 18.3 Å². The molecule has 2 N–H and O–H groups in total. The van der Waals surface area contributed by atoms with Crippen LogP contribution in [0.15, 0.2) is 29.2 Å². The highest BCUT2D eigenvalue weighted by atomic mass is 16.7. The van der Waals surface area contributed by atoms with Crippen molar-refractivity contribution in [1.82, 2.24) is 9.55 Å². The summed E-state index contributed by atoms with van der Waals surface area (Å²) in [7, 11) is 0. The van der Waals surface area contributed by atoms with Gasteiger partial charge in [-0.25, -0.2) is 14.4 Å². The summed E-state index contributed by atoms with van der Waals surface area (Å²) in [5.41, 5.74) is 0.920. The summed E-state index contributed by atoms with van der Waals surface area (Å²) in [6.07, 6.45) is -0.919. The van der Waals surface area contributed by atoms with Gasteiger partial charge in [0.25, 0.3) is 0 Å². The minimum atomic E-state index is -1.21. The van der Waals surface area contributed by atoms with Gasteiger partial charge < -0.3 is 18.9 Å². The Balaban J connectivity index is 1.90. The fraction of sp³-hybridized carbons (Fsp3) is 0.500. The van der Waals surface area contributed by atoms with Crippen molar-refractivity contribution in [3.8, 4) is 0 Å². The average molecular weight is 423 g/mol. The molecule has 1 saturated heterocycles. The number of fused-ring (bicyclic) bond motifs is 1. The molecule has 2 aliphatic heterocycles. The number of aromatic nitrogens is 2. The van der Waals surface area contributed by atoms with Crippen LogP contribution in [0.1, 0.15) is 26.5 Å². The van der Waals surface area contributed by atoms with Crippen LogP contribution in [0.25, 0.3) is 0 Å². The number of hydrogen-bond acceptors (Lipinski definition) is 11. The fourth-order valence-electron chi connectivity index (χ4n) is 2.96. The first-order valence-corrected chi connectivity index (χ1v) is 9.24. The Hall–Kier alpha value is -3.25. The van der Waals surface area contributed by atoms with Crippen LogP contribution in [0.5, 0.6) is 0 Å². The van der Waals surface area contributed by atoms with Gasteiger partial charge in [-0.15, -0.1) is 0 Å². The molecule has 162 valence electrons. The van der Waals surface area contributed by atoms with E-state index < -0.39 is 48.1 Å². The lowest BCUT2D eigenvalue weighted by Crippen LogP contribution is -2.43. The number of esters is 3. The predicted octanol–water partition coefficient (Wildman–Crippen LogP) is -0.0755. The Morgan fingerprint density at radius 1 is 1.27 bits per heavy atom. The smallest absolute Gasteiger partial charge is 0.351 e. The lowest BCUT2D eigenvalue weighted by atomic mass is 10.1. The van der Waals surface area contributed by atoms with Crippen LogP contribution in [-0.4, -0.2) is 57.6 Å². The van der Waals surface area contributed by atoms with Crippen molar-refractivity contribution < 1.29 is 38.5 Å². The maximum absolute atomic E-state index is 12.3. The topological polar surface area (TPSA) is 155 Å². The minimum absolute atomic E-state index is 0.103. The van der Waals surface area contributed by atoms with E-state index in [0.717, 1.165) is 16.7 Å². The summed E-state index contributed by atoms with van der Waals surface area (Å²) in [4.78, 5) is 51.9. The van der Waals surface area contributed by atoms with Crippen molar-refractivity contribution in [3.63, 3.8) is 0 Å². The summed E-state index contributed by atoms with van der Waals surface area (Å²) < 4.78 is 22.7. The van der Waals surface area contributed by atoms with E-state index in [1.807, 2.05) is 6.92 Å². The highest BCUT2D eigenvalue weighted by Gasteiger charge is 2.51. The summed E-state index contributed by atoms with van der Waals surface area (Å²) >= 11 is 0. The molecule has 0 spiro atoms. The molecule has 0 saturated carbocycles. The number of hydrogen-bond donors (Lipinski definition) is 2. The maximum Gasteiger partial charge on any atom is 0.351 e. The number of carbonyl (C=O) groups excluding carboxylic acids is 3. The molecule has 12 nitrogen and oxygen atoms in total. The SMILES string of the molecule is CC[C@H](C)C(=O)OCC1O[C@@H](n2ccc(NO)nc2=O)[C@@H]2OC(=O)/C=C\C(=O)O[C@H]12. The summed E-state index contributed by atoms with van der Waals surface area (Å²) in [6.45, 7) is 3.25. The van der Waals surface area contributed by atoms with Crippen LogP contribution in [0, 0.1) is 5.92 Å². The number of ether oxygens (including phenoxy) is 4. The second-order valence-electron chi connectivity index (χ2n) is 6.76. The molecule has 12 heteroatoms. The first-order valence-electron chi connectivity index (χ1n) is 9.24. The normalized spacial score (nSPS) is 27.7. The fourth-order valence-corrected chi connectivity index (χ4v) is 2.96. The van der Waals surface area contributed by atoms with Crippen LogP contribution in [0.3, 0.4) is 0 Å². The highest BCUT2D eigenvalue weighted by Crippen LogP contribution is 2.34. The van der Waals surface area contributed by atoms with Gasteiger partial charge in [0.2, 0.25) is 0 Å². The van der Waals surface area contributed by atoms with Crippen LogP contribution < -0.4 is 11.2 Å². The number of carbonyl (C=O) groups is 3. The van der Waals surface area contributed by atoms with Gasteiger partial charge in [0.05, 0.1) is 5.92 Å². The molecule has 1 aromatic rings. The maximum atomic E-state index is 12.3. The molecule has 1 fully saturated rings. The molecule has 3 heterocycles. The molecule has 0 amide bonds. The third-order valence-electron chi connectivity index (χ3n) is 4.77. The molecule has 0 bridgehead atoms. The van der Waals surface area contributed by atoms with Crippen molar-refractivity contribution in [2.75, 3.05) is 12.1 Å². The van der Waals surface area contributed by atoms with Gasteiger partial charge in [0.1, 0.15) is 12.7 Å². The molecule has 3 rings (SSSR count). The Morgan fingerprint density at radius 2 is 1.93 bits per heavy atom. The Morgan fingerprint density at radius 3 is 2.53 bits per heavy atom. The molecule has 1 aromatic heterocycles. The summed E-state index contributed by atoms with van der Waals surface area (Å²) in [5, 5.41) is 8.89. The van der Waals surface area contributed by atoms with Crippen molar-refractivity contribution in [2.24, 2.45) is 5.92 Å². The molecule has 0 aliphatic carbocycles. The Kier molecular flexibility index (Phi) is 6.47. The van der Waals surface area contributed by atoms with Crippen LogP contribution in [0.2, 0.25) is 0 Å². The Bertz CT molecular complexity index is 912. The zero-order valence-electron chi connectivity index (χ0n) is 16.2. The molecule has 30 heavy (non-hydrogen) atoms. The second-order valence-corrected chi connectivity index (χ2v) is 6.76. The lowest BCUT2D eigenvalue weighted by Gasteiger charge is -2.25. The molecule has 0 radical (unpaired) electrons. The van der Waals surface area contributed by atoms with E-state index in [2.05, 4.69) is 4.98 Å². The highest BCUT2D eigenvalue weighted by molar-refractivity contribution is 5.92. The van der Waals surface area contributed by atoms with E-state index in [9.17, 15) is 19.2 Å². The second kappa shape index (κ2) is 9.05. The third kappa shape index (κ3) is 4.49. The van der Waals surface area contributed by atoms with E-state index in [1.54, 1.807) is 12.4 Å². The standard InChI is InChI=1S/C18H21N3O9/c1-3-9(2)17(24)27-8-10-14-15(30-13(23)5-4-12(22)29-14)16(28-10)21-7-6-11(20-26)19-18(21)25/h4-7,9-10,14-16,26H,3,8H2,1-2H3,(H,19,20,25)/b5-4-/t9-,10?,14+,15+,16+/m0/s1. The molecule has 5 atom stereocenters. The molecule has 2 aliphatic rings. The van der Waals surface area contributed by atoms with Gasteiger partial charge in [0.15, 0.2) is 24.3 Å². The predicted molar refractivity (Wildman–Crippen MR) is 97.1 cm³/mol. The number of nitrogens with zero attached hydrogens (tertiary/aromatic N) is 2. The quantitative estimate of drug-likeness (QED) is 0.359. The summed E-state index contributed by atoms with van der Waals surface area (Å²) in [5.74, 6) is -2.55. The summed E-state index contributed by atoms with van der Waals surface area (Å²) in [6, 6.07) is 1.28. The van der Waals surface area contributed by atoms with Crippen molar-refractivity contribution >= 4 is 23.7 Å². The van der Waals surface area contributed by atoms with E-state index in [0.29, 0.717) is 6.42 Å². The number of rotatable bonds is 6. The molecule has 1 unspecified atom stereocenters. The number of anilines is 1. The van der Waals surface area contributed by atoms with Crippen LogP contribution >= 0.6 is 0 Å². The van der Waals surface area contributed by atoms with Crippen molar-refractivity contribution in [3.05, 3.63) is 34.9 Å². The van der Waals surface area contributed by atoms with E-state index in [1.165, 1.54) is 12.3 Å². The van der Waals surface area contributed by atoms with Gasteiger partial charge >= 0.3 is 23.6 Å². The van der Waals surface area contributed by atoms with Crippen LogP contribution in [0.4, 0.5) is 5.82 Å². The third-order valence-corrected chi connectivity index (χ3v) is 4.77.